The van der Waals surface area contributed by atoms with Gasteiger partial charge in [0.2, 0.25) is 0 Å². The molecule has 10 nitrogen and oxygen atoms in total. The predicted octanol–water partition coefficient (Wildman–Crippen LogP) is 7.07. The van der Waals surface area contributed by atoms with Crippen LogP contribution in [0.4, 0.5) is 0 Å². The molecule has 0 radical (unpaired) electrons. The van der Waals surface area contributed by atoms with Crippen LogP contribution in [0.25, 0.3) is 0 Å². The van der Waals surface area contributed by atoms with Gasteiger partial charge in [-0.1, -0.05) is 80.1 Å². The van der Waals surface area contributed by atoms with Gasteiger partial charge < -0.3 is 0 Å². The molecule has 0 aliphatic carbocycles. The summed E-state index contributed by atoms with van der Waals surface area (Å²) in [5.41, 5.74) is -1.41. The van der Waals surface area contributed by atoms with E-state index in [4.69, 9.17) is 7.94 Å². The highest BCUT2D eigenvalue weighted by atomic mass is 32.3. The van der Waals surface area contributed by atoms with Crippen LogP contribution in [0.3, 0.4) is 0 Å². The maximum Gasteiger partial charge on any atom is 0.405 e. The van der Waals surface area contributed by atoms with Gasteiger partial charge in [-0.15, -0.1) is 0 Å². The molecule has 0 bridgehead atoms. The number of unbranched alkanes of at least 4 members (excludes halogenated alkanes) is 6. The van der Waals surface area contributed by atoms with E-state index in [2.05, 4.69) is 113 Å². The average Bonchev–Trinajstić information content (AvgIpc) is 3.02. The maximum absolute atomic E-state index is 13.8. The number of rotatable bonds is 30. The van der Waals surface area contributed by atoms with Crippen molar-refractivity contribution < 1.29 is 16.4 Å². The van der Waals surface area contributed by atoms with Gasteiger partial charge in [0.05, 0.1) is 17.6 Å². The highest BCUT2D eigenvalue weighted by Crippen LogP contribution is 2.46. The molecule has 0 rings (SSSR count). The molecule has 0 aromatic rings. The molecule has 0 amide bonds. The fourth-order valence-electron chi connectivity index (χ4n) is 5.75. The third-order valence-electron chi connectivity index (χ3n) is 8.84. The quantitative estimate of drug-likeness (QED) is 0.0575. The molecule has 0 spiro atoms. The lowest BCUT2D eigenvalue weighted by molar-refractivity contribution is -0.0753. The highest BCUT2D eigenvalue weighted by Gasteiger charge is 2.47. The highest BCUT2D eigenvalue weighted by molar-refractivity contribution is 7.88. The summed E-state index contributed by atoms with van der Waals surface area (Å²) in [6.45, 7) is 18.2. The Morgan fingerprint density at radius 2 is 0.600 bits per heavy atom. The lowest BCUT2D eigenvalue weighted by Gasteiger charge is -2.53. The maximum atomic E-state index is 13.8. The van der Waals surface area contributed by atoms with Crippen LogP contribution in [-0.4, -0.2) is 130 Å². The van der Waals surface area contributed by atoms with Crippen molar-refractivity contribution in [1.82, 2.24) is 29.4 Å². The first kappa shape index (κ1) is 45.5. The summed E-state index contributed by atoms with van der Waals surface area (Å²) in [7, 11) is 7.56. The molecular weight excluding hydrogens is 626 g/mol. The summed E-state index contributed by atoms with van der Waals surface area (Å²) in [6, 6.07) is 0. The SMILES string of the molecule is CCCCN(C)C(POS(=O)(=O)OPC(N(C)CCCC)(N(C)CCCC)N(C)CCCC)(N(C)CCCC)N(C)CCCC. The Hall–Kier alpha value is 0.490. The summed E-state index contributed by atoms with van der Waals surface area (Å²) in [6.07, 6.45) is 12.5. The molecule has 0 aromatic carbocycles. The first-order chi connectivity index (χ1) is 21.3. The molecule has 0 saturated heterocycles. The summed E-state index contributed by atoms with van der Waals surface area (Å²) < 4.78 is 39.6. The van der Waals surface area contributed by atoms with Crippen LogP contribution in [0.15, 0.2) is 0 Å². The van der Waals surface area contributed by atoms with Gasteiger partial charge in [-0.05, 0) is 80.8 Å². The number of hydrogen-bond acceptors (Lipinski definition) is 10. The van der Waals surface area contributed by atoms with Crippen molar-refractivity contribution in [2.75, 3.05) is 81.6 Å². The van der Waals surface area contributed by atoms with Gasteiger partial charge in [0, 0.05) is 39.3 Å². The number of nitrogens with zero attached hydrogens (tertiary/aromatic N) is 6. The zero-order valence-corrected chi connectivity index (χ0v) is 34.3. The van der Waals surface area contributed by atoms with Crippen LogP contribution in [0.2, 0.25) is 0 Å². The molecule has 0 heterocycles. The van der Waals surface area contributed by atoms with Gasteiger partial charge in [0.1, 0.15) is 0 Å². The Balaban J connectivity index is 6.56. The average molecular weight is 701 g/mol. The number of hydrogen-bond donors (Lipinski definition) is 0. The molecule has 0 aliphatic heterocycles. The molecule has 13 heteroatoms. The van der Waals surface area contributed by atoms with Crippen molar-refractivity contribution in [2.45, 2.75) is 130 Å². The summed E-state index contributed by atoms with van der Waals surface area (Å²) in [5, 5.41) is 0. The molecule has 45 heavy (non-hydrogen) atoms. The van der Waals surface area contributed by atoms with E-state index in [1.165, 1.54) is 0 Å². The lowest BCUT2D eigenvalue weighted by atomic mass is 10.2. The van der Waals surface area contributed by atoms with E-state index < -0.39 is 21.5 Å². The van der Waals surface area contributed by atoms with E-state index in [0.717, 1.165) is 116 Å². The van der Waals surface area contributed by atoms with Crippen molar-refractivity contribution in [3.05, 3.63) is 0 Å². The minimum atomic E-state index is -4.31. The van der Waals surface area contributed by atoms with Crippen molar-refractivity contribution in [3.8, 4) is 0 Å². The third-order valence-corrected chi connectivity index (χ3v) is 14.0. The Bertz CT molecular complexity index is 712. The van der Waals surface area contributed by atoms with Crippen LogP contribution in [0.1, 0.15) is 119 Å². The summed E-state index contributed by atoms with van der Waals surface area (Å²) in [5.74, 6) is 0. The minimum absolute atomic E-state index is 0.374. The molecule has 2 atom stereocenters. The second-order valence-electron chi connectivity index (χ2n) is 12.7. The zero-order valence-electron chi connectivity index (χ0n) is 31.5. The Morgan fingerprint density at radius 3 is 0.756 bits per heavy atom. The zero-order chi connectivity index (χ0) is 34.5. The van der Waals surface area contributed by atoms with Crippen molar-refractivity contribution in [2.24, 2.45) is 0 Å². The Labute approximate surface area is 284 Å². The third kappa shape index (κ3) is 14.5. The van der Waals surface area contributed by atoms with Crippen LogP contribution in [0.5, 0.6) is 0 Å². The smallest absolute Gasteiger partial charge is 0.270 e. The Morgan fingerprint density at radius 1 is 0.422 bits per heavy atom. The summed E-state index contributed by atoms with van der Waals surface area (Å²) >= 11 is 0. The standard InChI is InChI=1S/C32H74N6O4P2S/c1-13-19-25-33(7)31(34(8)26-20-14-2,35(9)27-21-15-3)43-41-45(39,40)42-44-32(36(10)28-22-16-4,37(11)29-23-17-5)38(12)30-24-18-6/h43-44H,13-30H2,1-12H3. The summed E-state index contributed by atoms with van der Waals surface area (Å²) in [4.78, 5) is 13.7. The second-order valence-corrected chi connectivity index (χ2v) is 16.6. The van der Waals surface area contributed by atoms with Crippen molar-refractivity contribution in [3.63, 3.8) is 0 Å². The van der Waals surface area contributed by atoms with Gasteiger partial charge in [-0.25, -0.2) is 7.94 Å². The van der Waals surface area contributed by atoms with E-state index in [1.54, 1.807) is 0 Å². The molecule has 272 valence electrons. The second kappa shape index (κ2) is 24.6. The van der Waals surface area contributed by atoms with E-state index >= 15 is 0 Å². The van der Waals surface area contributed by atoms with Crippen LogP contribution in [-0.2, 0) is 18.3 Å². The molecule has 0 fully saturated rings. The molecule has 2 unspecified atom stereocenters. The fraction of sp³-hybridized carbons (Fsp3) is 1.00. The van der Waals surface area contributed by atoms with Crippen molar-refractivity contribution in [1.29, 1.82) is 0 Å². The molecule has 0 aliphatic rings. The van der Waals surface area contributed by atoms with E-state index in [-0.39, 0.29) is 17.6 Å². The molecule has 0 N–H and O–H groups in total. The van der Waals surface area contributed by atoms with Gasteiger partial charge in [0.15, 0.2) is 11.1 Å². The van der Waals surface area contributed by atoms with Crippen LogP contribution < -0.4 is 0 Å². The van der Waals surface area contributed by atoms with Gasteiger partial charge in [0.25, 0.3) is 0 Å². The largest absolute Gasteiger partial charge is 0.405 e. The first-order valence-electron chi connectivity index (χ1n) is 17.7. The lowest BCUT2D eigenvalue weighted by Crippen LogP contribution is -2.65. The normalized spacial score (nSPS) is 14.1. The molecule has 0 saturated carbocycles. The minimum Gasteiger partial charge on any atom is -0.270 e. The molecular formula is C32H74N6O4P2S. The van der Waals surface area contributed by atoms with Gasteiger partial charge in [-0.3, -0.25) is 29.4 Å². The van der Waals surface area contributed by atoms with Crippen molar-refractivity contribution >= 4 is 28.0 Å². The van der Waals surface area contributed by atoms with Crippen LogP contribution >= 0.6 is 17.6 Å². The van der Waals surface area contributed by atoms with Crippen LogP contribution in [0, 0.1) is 0 Å². The van der Waals surface area contributed by atoms with E-state index in [9.17, 15) is 8.42 Å². The predicted molar refractivity (Wildman–Crippen MR) is 198 cm³/mol. The first-order valence-corrected chi connectivity index (χ1v) is 20.9. The Kier molecular flexibility index (Phi) is 24.9. The topological polar surface area (TPSA) is 72.0 Å². The van der Waals surface area contributed by atoms with E-state index in [0.29, 0.717) is 0 Å². The fourth-order valence-corrected chi connectivity index (χ4v) is 9.51. The monoisotopic (exact) mass is 700 g/mol. The van der Waals surface area contributed by atoms with Gasteiger partial charge in [-0.2, -0.15) is 8.42 Å². The van der Waals surface area contributed by atoms with E-state index in [1.807, 2.05) is 0 Å². The molecule has 0 aromatic heterocycles. The van der Waals surface area contributed by atoms with Gasteiger partial charge >= 0.3 is 10.4 Å².